The molecule has 0 aromatic carbocycles. The highest BCUT2D eigenvalue weighted by Crippen LogP contribution is 2.50. The third kappa shape index (κ3) is 2.67. The molecule has 130 valence electrons. The van der Waals surface area contributed by atoms with E-state index in [1.165, 1.54) is 22.9 Å². The van der Waals surface area contributed by atoms with Crippen molar-refractivity contribution in [1.29, 1.82) is 0 Å². The number of carbonyl (C=O) groups excluding carboxylic acids is 2. The summed E-state index contributed by atoms with van der Waals surface area (Å²) >= 11 is 1.38. The molecule has 0 aliphatic carbocycles. The minimum absolute atomic E-state index is 0.0135. The van der Waals surface area contributed by atoms with Gasteiger partial charge >= 0.3 is 5.97 Å². The van der Waals surface area contributed by atoms with Gasteiger partial charge in [-0.2, -0.15) is 0 Å². The van der Waals surface area contributed by atoms with Crippen molar-refractivity contribution in [2.45, 2.75) is 48.5 Å². The molecule has 0 saturated carbocycles. The van der Waals surface area contributed by atoms with Crippen LogP contribution in [0.15, 0.2) is 22.8 Å². The van der Waals surface area contributed by atoms with E-state index in [1.54, 1.807) is 26.0 Å². The van der Waals surface area contributed by atoms with Crippen molar-refractivity contribution in [2.24, 2.45) is 5.73 Å². The number of aliphatic carboxylic acids is 1. The lowest BCUT2D eigenvalue weighted by Gasteiger charge is -2.43. The molecular formula is C15H19N3O5S. The number of nitrogens with one attached hydrogen (secondary N) is 1. The molecule has 2 saturated heterocycles. The van der Waals surface area contributed by atoms with Crippen LogP contribution in [0.2, 0.25) is 0 Å². The fraction of sp³-hybridized carbons (Fsp3) is 0.533. The Hall–Kier alpha value is -2.00. The second-order valence-electron chi connectivity index (χ2n) is 6.47. The van der Waals surface area contributed by atoms with Crippen LogP contribution in [-0.4, -0.2) is 50.0 Å². The molecule has 0 bridgehead atoms. The molecule has 2 amide bonds. The van der Waals surface area contributed by atoms with Crippen LogP contribution >= 0.6 is 11.8 Å². The number of carboxylic acids is 1. The van der Waals surface area contributed by atoms with Crippen LogP contribution in [0, 0.1) is 0 Å². The number of nitrogens with two attached hydrogens (primary N) is 1. The van der Waals surface area contributed by atoms with Crippen LogP contribution in [0.3, 0.4) is 0 Å². The zero-order valence-corrected chi connectivity index (χ0v) is 14.1. The topological polar surface area (TPSA) is 126 Å². The summed E-state index contributed by atoms with van der Waals surface area (Å²) < 4.78 is 4.54. The zero-order valence-electron chi connectivity index (χ0n) is 13.3. The molecule has 4 atom stereocenters. The van der Waals surface area contributed by atoms with E-state index in [4.69, 9.17) is 10.2 Å². The molecule has 8 nitrogen and oxygen atoms in total. The van der Waals surface area contributed by atoms with Gasteiger partial charge in [0.25, 0.3) is 0 Å². The Balaban J connectivity index is 1.63. The third-order valence-corrected chi connectivity index (χ3v) is 5.88. The monoisotopic (exact) mass is 353 g/mol. The molecule has 3 heterocycles. The number of amides is 2. The summed E-state index contributed by atoms with van der Waals surface area (Å²) in [5.41, 5.74) is 5.89. The van der Waals surface area contributed by atoms with Crippen molar-refractivity contribution < 1.29 is 23.9 Å². The van der Waals surface area contributed by atoms with Crippen LogP contribution in [0.1, 0.15) is 32.1 Å². The number of hydrogen-bond acceptors (Lipinski definition) is 6. The number of carboxylic acid groups (broad SMARTS) is 1. The van der Waals surface area contributed by atoms with Crippen molar-refractivity contribution >= 4 is 29.5 Å². The van der Waals surface area contributed by atoms with E-state index >= 15 is 0 Å². The van der Waals surface area contributed by atoms with Gasteiger partial charge in [-0.25, -0.2) is 4.79 Å². The summed E-state index contributed by atoms with van der Waals surface area (Å²) in [6.45, 7) is 3.57. The second kappa shape index (κ2) is 5.82. The van der Waals surface area contributed by atoms with E-state index in [0.717, 1.165) is 0 Å². The zero-order chi connectivity index (χ0) is 17.6. The number of furan rings is 1. The average molecular weight is 353 g/mol. The fourth-order valence-corrected chi connectivity index (χ4v) is 4.81. The molecule has 2 aliphatic heterocycles. The lowest BCUT2D eigenvalue weighted by molar-refractivity contribution is -0.161. The van der Waals surface area contributed by atoms with Gasteiger partial charge in [0.15, 0.2) is 0 Å². The van der Waals surface area contributed by atoms with E-state index in [1.807, 2.05) is 0 Å². The lowest BCUT2D eigenvalue weighted by atomic mass is 9.96. The summed E-state index contributed by atoms with van der Waals surface area (Å²) in [6.07, 6.45) is 1.46. The summed E-state index contributed by atoms with van der Waals surface area (Å²) in [7, 11) is 0. The van der Waals surface area contributed by atoms with Gasteiger partial charge in [0, 0.05) is 11.2 Å². The maximum Gasteiger partial charge on any atom is 0.327 e. The SMILES string of the molecule is CC1(C)S[C@@H]2C(NC(=O)CC(N)c3ccco3)C(=O)N2[C@H]1C(=O)O. The van der Waals surface area contributed by atoms with Crippen LogP contribution < -0.4 is 11.1 Å². The predicted molar refractivity (Wildman–Crippen MR) is 85.9 cm³/mol. The number of carbonyl (C=O) groups is 3. The standard InChI is InChI=1S/C15H19N3O5S/c1-15(2)11(14(21)22)18-12(20)10(13(18)24-15)17-9(19)6-7(16)8-4-3-5-23-8/h3-5,7,10-11,13H,6,16H2,1-2H3,(H,17,19)(H,21,22)/t7?,10?,11-,13+/m0/s1. The molecular weight excluding hydrogens is 334 g/mol. The average Bonchev–Trinajstić information content (AvgIpc) is 3.09. The van der Waals surface area contributed by atoms with Crippen LogP contribution in [0.5, 0.6) is 0 Å². The lowest BCUT2D eigenvalue weighted by Crippen LogP contribution is -2.70. The largest absolute Gasteiger partial charge is 0.480 e. The highest BCUT2D eigenvalue weighted by atomic mass is 32.2. The third-order valence-electron chi connectivity index (χ3n) is 4.31. The van der Waals surface area contributed by atoms with E-state index in [2.05, 4.69) is 5.32 Å². The van der Waals surface area contributed by atoms with Crippen molar-refractivity contribution in [3.8, 4) is 0 Å². The number of rotatable bonds is 5. The van der Waals surface area contributed by atoms with Gasteiger partial charge in [-0.05, 0) is 26.0 Å². The van der Waals surface area contributed by atoms with Gasteiger partial charge in [0.1, 0.15) is 23.2 Å². The Morgan fingerprint density at radius 1 is 1.54 bits per heavy atom. The summed E-state index contributed by atoms with van der Waals surface area (Å²) in [6, 6.07) is 1.17. The molecule has 0 spiro atoms. The first-order valence-corrected chi connectivity index (χ1v) is 8.41. The van der Waals surface area contributed by atoms with Gasteiger partial charge < -0.3 is 25.5 Å². The molecule has 0 radical (unpaired) electrons. The molecule has 9 heteroatoms. The van der Waals surface area contributed by atoms with E-state index in [-0.39, 0.29) is 23.6 Å². The number of fused-ring (bicyclic) bond motifs is 1. The van der Waals surface area contributed by atoms with Crippen molar-refractivity contribution in [1.82, 2.24) is 10.2 Å². The normalized spacial score (nSPS) is 28.9. The van der Waals surface area contributed by atoms with Crippen molar-refractivity contribution in [3.05, 3.63) is 24.2 Å². The molecule has 24 heavy (non-hydrogen) atoms. The molecule has 2 fully saturated rings. The molecule has 2 aliphatic rings. The first-order chi connectivity index (χ1) is 11.2. The highest BCUT2D eigenvalue weighted by Gasteiger charge is 2.64. The summed E-state index contributed by atoms with van der Waals surface area (Å²) in [4.78, 5) is 37.2. The highest BCUT2D eigenvalue weighted by molar-refractivity contribution is 8.01. The van der Waals surface area contributed by atoms with Crippen LogP contribution in [0.4, 0.5) is 0 Å². The molecule has 4 N–H and O–H groups in total. The number of nitrogens with zero attached hydrogens (tertiary/aromatic N) is 1. The quantitative estimate of drug-likeness (QED) is 0.650. The minimum Gasteiger partial charge on any atom is -0.480 e. The van der Waals surface area contributed by atoms with Gasteiger partial charge in [-0.15, -0.1) is 11.8 Å². The first-order valence-electron chi connectivity index (χ1n) is 7.53. The molecule has 2 unspecified atom stereocenters. The van der Waals surface area contributed by atoms with Gasteiger partial charge in [-0.3, -0.25) is 9.59 Å². The Bertz CT molecular complexity index is 675. The predicted octanol–water partition coefficient (Wildman–Crippen LogP) is 0.301. The Morgan fingerprint density at radius 3 is 2.83 bits per heavy atom. The number of β-lactam (4-membered cyclic amide) rings is 1. The maximum atomic E-state index is 12.3. The Kier molecular flexibility index (Phi) is 4.08. The number of hydrogen-bond donors (Lipinski definition) is 3. The molecule has 1 aromatic heterocycles. The number of thioether (sulfide) groups is 1. The van der Waals surface area contributed by atoms with Crippen LogP contribution in [0.25, 0.3) is 0 Å². The van der Waals surface area contributed by atoms with E-state index in [0.29, 0.717) is 5.76 Å². The Morgan fingerprint density at radius 2 is 2.25 bits per heavy atom. The summed E-state index contributed by atoms with van der Waals surface area (Å²) in [5, 5.41) is 11.7. The van der Waals surface area contributed by atoms with Gasteiger partial charge in [0.2, 0.25) is 11.8 Å². The Labute approximate surface area is 142 Å². The van der Waals surface area contributed by atoms with Crippen molar-refractivity contribution in [2.75, 3.05) is 0 Å². The van der Waals surface area contributed by atoms with Gasteiger partial charge in [0.05, 0.1) is 12.3 Å². The van der Waals surface area contributed by atoms with Gasteiger partial charge in [-0.1, -0.05) is 0 Å². The van der Waals surface area contributed by atoms with Crippen molar-refractivity contribution in [3.63, 3.8) is 0 Å². The smallest absolute Gasteiger partial charge is 0.327 e. The summed E-state index contributed by atoms with van der Waals surface area (Å²) in [5.74, 6) is -1.28. The van der Waals surface area contributed by atoms with E-state index in [9.17, 15) is 19.5 Å². The molecule has 1 aromatic rings. The molecule has 3 rings (SSSR count). The van der Waals surface area contributed by atoms with Crippen LogP contribution in [-0.2, 0) is 14.4 Å². The fourth-order valence-electron chi connectivity index (χ4n) is 3.18. The maximum absolute atomic E-state index is 12.3. The minimum atomic E-state index is -1.03. The first kappa shape index (κ1) is 16.8. The second-order valence-corrected chi connectivity index (χ2v) is 8.24. The van der Waals surface area contributed by atoms with E-state index < -0.39 is 28.8 Å².